The number of carbonyl (C=O) groups excluding carboxylic acids is 1. The van der Waals surface area contributed by atoms with Gasteiger partial charge in [0, 0.05) is 12.0 Å². The Hall–Kier alpha value is -3.42. The zero-order valence-electron chi connectivity index (χ0n) is 17.1. The number of halogens is 3. The summed E-state index contributed by atoms with van der Waals surface area (Å²) in [7, 11) is 0. The highest BCUT2D eigenvalue weighted by molar-refractivity contribution is 5.92. The molecule has 162 valence electrons. The summed E-state index contributed by atoms with van der Waals surface area (Å²) < 4.78 is 43.8. The summed E-state index contributed by atoms with van der Waals surface area (Å²) in [4.78, 5) is 20.6. The molecule has 3 rings (SSSR count). The Balaban J connectivity index is 1.55. The minimum Gasteiger partial charge on any atom is -0.472 e. The van der Waals surface area contributed by atoms with E-state index in [0.29, 0.717) is 18.1 Å². The highest BCUT2D eigenvalue weighted by Crippen LogP contribution is 2.31. The zero-order valence-corrected chi connectivity index (χ0v) is 17.1. The van der Waals surface area contributed by atoms with Gasteiger partial charge in [0.25, 0.3) is 5.91 Å². The molecule has 1 amide bonds. The molecule has 31 heavy (non-hydrogen) atoms. The van der Waals surface area contributed by atoms with Gasteiger partial charge >= 0.3 is 6.18 Å². The van der Waals surface area contributed by atoms with Gasteiger partial charge in [-0.1, -0.05) is 56.3 Å². The average molecular weight is 429 g/mol. The fourth-order valence-electron chi connectivity index (χ4n) is 2.84. The molecule has 1 aromatic heterocycles. The molecule has 0 spiro atoms. The molecule has 0 aliphatic rings. The van der Waals surface area contributed by atoms with E-state index in [2.05, 4.69) is 15.3 Å². The molecule has 0 saturated heterocycles. The highest BCUT2D eigenvalue weighted by Gasteiger charge is 2.31. The van der Waals surface area contributed by atoms with E-state index >= 15 is 0 Å². The fraction of sp³-hybridized carbons (Fsp3) is 0.261. The Labute approximate surface area is 178 Å². The van der Waals surface area contributed by atoms with Gasteiger partial charge in [0.05, 0.1) is 18.0 Å². The van der Waals surface area contributed by atoms with E-state index in [-0.39, 0.29) is 12.2 Å². The Kier molecular flexibility index (Phi) is 6.58. The number of benzene rings is 2. The van der Waals surface area contributed by atoms with E-state index in [4.69, 9.17) is 4.74 Å². The molecular weight excluding hydrogens is 407 g/mol. The van der Waals surface area contributed by atoms with Crippen LogP contribution in [0.5, 0.6) is 5.88 Å². The molecule has 5 nitrogen and oxygen atoms in total. The van der Waals surface area contributed by atoms with Crippen LogP contribution in [0.15, 0.2) is 67.0 Å². The maximum absolute atomic E-state index is 12.7. The summed E-state index contributed by atoms with van der Waals surface area (Å²) in [5.74, 6) is -0.132. The van der Waals surface area contributed by atoms with E-state index in [1.807, 2.05) is 44.2 Å². The summed E-state index contributed by atoms with van der Waals surface area (Å²) in [5.41, 5.74) is 0.496. The molecule has 0 atom stereocenters. The van der Waals surface area contributed by atoms with Crippen molar-refractivity contribution in [2.45, 2.75) is 32.0 Å². The third-order valence-electron chi connectivity index (χ3n) is 4.77. The van der Waals surface area contributed by atoms with Crippen LogP contribution in [0.1, 0.15) is 41.0 Å². The molecular formula is C23H22F3N3O2. The molecule has 0 aliphatic carbocycles. The standard InChI is InChI=1S/C23H22F3N3O2/c1-22(2,17-8-10-18(11-9-17)23(24,25)26)15-29-21(30)19-12-28-20(13-27-19)31-14-16-6-4-3-5-7-16/h3-13H,14-15H2,1-2H3,(H,29,30). The Bertz CT molecular complexity index is 1000. The van der Waals surface area contributed by atoms with Gasteiger partial charge in [0.2, 0.25) is 5.88 Å². The van der Waals surface area contributed by atoms with E-state index < -0.39 is 23.1 Å². The van der Waals surface area contributed by atoms with Crippen molar-refractivity contribution in [3.05, 3.63) is 89.4 Å². The number of ether oxygens (including phenoxy) is 1. The number of aromatic nitrogens is 2. The molecule has 0 radical (unpaired) electrons. The lowest BCUT2D eigenvalue weighted by molar-refractivity contribution is -0.137. The van der Waals surface area contributed by atoms with Crippen LogP contribution in [-0.2, 0) is 18.2 Å². The lowest BCUT2D eigenvalue weighted by Crippen LogP contribution is -2.37. The van der Waals surface area contributed by atoms with Crippen LogP contribution in [0, 0.1) is 0 Å². The highest BCUT2D eigenvalue weighted by atomic mass is 19.4. The minimum atomic E-state index is -4.38. The van der Waals surface area contributed by atoms with Crippen LogP contribution in [-0.4, -0.2) is 22.4 Å². The quantitative estimate of drug-likeness (QED) is 0.587. The number of carbonyl (C=O) groups is 1. The number of hydrogen-bond donors (Lipinski definition) is 1. The van der Waals surface area contributed by atoms with E-state index in [9.17, 15) is 18.0 Å². The van der Waals surface area contributed by atoms with Gasteiger partial charge in [-0.15, -0.1) is 0 Å². The van der Waals surface area contributed by atoms with Gasteiger partial charge in [-0.2, -0.15) is 13.2 Å². The predicted octanol–water partition coefficient (Wildman–Crippen LogP) is 4.78. The topological polar surface area (TPSA) is 64.1 Å². The summed E-state index contributed by atoms with van der Waals surface area (Å²) in [5, 5.41) is 2.76. The van der Waals surface area contributed by atoms with E-state index in [1.54, 1.807) is 0 Å². The molecule has 2 aromatic carbocycles. The number of amides is 1. The lowest BCUT2D eigenvalue weighted by atomic mass is 9.84. The fourth-order valence-corrected chi connectivity index (χ4v) is 2.84. The van der Waals surface area contributed by atoms with Crippen molar-refractivity contribution in [2.24, 2.45) is 0 Å². The second kappa shape index (κ2) is 9.16. The minimum absolute atomic E-state index is 0.121. The first-order valence-electron chi connectivity index (χ1n) is 9.60. The van der Waals surface area contributed by atoms with Crippen molar-refractivity contribution in [1.29, 1.82) is 0 Å². The third kappa shape index (κ3) is 6.04. The molecule has 1 heterocycles. The van der Waals surface area contributed by atoms with Crippen LogP contribution >= 0.6 is 0 Å². The normalized spacial score (nSPS) is 11.8. The average Bonchev–Trinajstić information content (AvgIpc) is 2.77. The van der Waals surface area contributed by atoms with Gasteiger partial charge < -0.3 is 10.1 Å². The largest absolute Gasteiger partial charge is 0.472 e. The predicted molar refractivity (Wildman–Crippen MR) is 110 cm³/mol. The third-order valence-corrected chi connectivity index (χ3v) is 4.77. The molecule has 1 N–H and O–H groups in total. The maximum atomic E-state index is 12.7. The van der Waals surface area contributed by atoms with Gasteiger partial charge in [0.15, 0.2) is 0 Å². The van der Waals surface area contributed by atoms with Crippen LogP contribution in [0.4, 0.5) is 13.2 Å². The van der Waals surface area contributed by atoms with Crippen molar-refractivity contribution in [3.63, 3.8) is 0 Å². The van der Waals surface area contributed by atoms with Gasteiger partial charge in [-0.25, -0.2) is 9.97 Å². The SMILES string of the molecule is CC(C)(CNC(=O)c1cnc(OCc2ccccc2)cn1)c1ccc(C(F)(F)F)cc1. The first kappa shape index (κ1) is 22.3. The number of alkyl halides is 3. The van der Waals surface area contributed by atoms with Crippen molar-refractivity contribution in [2.75, 3.05) is 6.54 Å². The first-order chi connectivity index (χ1) is 14.6. The second-order valence-electron chi connectivity index (χ2n) is 7.66. The molecule has 0 bridgehead atoms. The molecule has 8 heteroatoms. The Morgan fingerprint density at radius 2 is 1.58 bits per heavy atom. The number of nitrogens with one attached hydrogen (secondary N) is 1. The number of rotatable bonds is 7. The van der Waals surface area contributed by atoms with Crippen LogP contribution in [0.25, 0.3) is 0 Å². The molecule has 0 saturated carbocycles. The molecule has 0 fully saturated rings. The summed E-state index contributed by atoms with van der Waals surface area (Å²) in [6.45, 7) is 4.22. The number of hydrogen-bond acceptors (Lipinski definition) is 4. The maximum Gasteiger partial charge on any atom is 0.416 e. The van der Waals surface area contributed by atoms with E-state index in [0.717, 1.165) is 17.7 Å². The summed E-state index contributed by atoms with van der Waals surface area (Å²) >= 11 is 0. The molecule has 3 aromatic rings. The van der Waals surface area contributed by atoms with Crippen LogP contribution < -0.4 is 10.1 Å². The lowest BCUT2D eigenvalue weighted by Gasteiger charge is -2.26. The van der Waals surface area contributed by atoms with Crippen LogP contribution in [0.3, 0.4) is 0 Å². The summed E-state index contributed by atoms with van der Waals surface area (Å²) in [6.07, 6.45) is -1.69. The van der Waals surface area contributed by atoms with Crippen LogP contribution in [0.2, 0.25) is 0 Å². The van der Waals surface area contributed by atoms with Crippen molar-refractivity contribution >= 4 is 5.91 Å². The smallest absolute Gasteiger partial charge is 0.416 e. The van der Waals surface area contributed by atoms with E-state index in [1.165, 1.54) is 24.5 Å². The van der Waals surface area contributed by atoms with Crippen molar-refractivity contribution < 1.29 is 22.7 Å². The zero-order chi connectivity index (χ0) is 22.5. The Morgan fingerprint density at radius 3 is 2.16 bits per heavy atom. The monoisotopic (exact) mass is 429 g/mol. The summed E-state index contributed by atoms with van der Waals surface area (Å²) in [6, 6.07) is 14.5. The second-order valence-corrected chi connectivity index (χ2v) is 7.66. The van der Waals surface area contributed by atoms with Crippen molar-refractivity contribution in [1.82, 2.24) is 15.3 Å². The Morgan fingerprint density at radius 1 is 0.935 bits per heavy atom. The molecule has 0 unspecified atom stereocenters. The first-order valence-corrected chi connectivity index (χ1v) is 9.60. The van der Waals surface area contributed by atoms with Gasteiger partial charge in [-0.05, 0) is 23.3 Å². The van der Waals surface area contributed by atoms with Gasteiger partial charge in [0.1, 0.15) is 12.3 Å². The molecule has 0 aliphatic heterocycles. The van der Waals surface area contributed by atoms with Gasteiger partial charge in [-0.3, -0.25) is 4.79 Å². The van der Waals surface area contributed by atoms with Crippen molar-refractivity contribution in [3.8, 4) is 5.88 Å². The number of nitrogens with zero attached hydrogens (tertiary/aromatic N) is 2.